The molecule has 2 aromatic heterocycles. The van der Waals surface area contributed by atoms with Gasteiger partial charge in [0.25, 0.3) is 5.91 Å². The van der Waals surface area contributed by atoms with Gasteiger partial charge < -0.3 is 19.7 Å². The molecule has 0 aliphatic rings. The summed E-state index contributed by atoms with van der Waals surface area (Å²) in [6.45, 7) is 0.798. The average Bonchev–Trinajstić information content (AvgIpc) is 2.78. The molecule has 1 N–H and O–H groups in total. The lowest BCUT2D eigenvalue weighted by molar-refractivity contribution is 0.102. The molecular weight excluding hydrogens is 368 g/mol. The van der Waals surface area contributed by atoms with Gasteiger partial charge in [-0.2, -0.15) is 0 Å². The van der Waals surface area contributed by atoms with E-state index in [1.54, 1.807) is 57.2 Å². The molecule has 0 atom stereocenters. The van der Waals surface area contributed by atoms with Crippen molar-refractivity contribution in [2.75, 3.05) is 38.0 Å². The molecule has 0 radical (unpaired) electrons. The van der Waals surface area contributed by atoms with E-state index in [4.69, 9.17) is 9.47 Å². The third-order valence-corrected chi connectivity index (χ3v) is 4.55. The number of hydrogen-bond acceptors (Lipinski definition) is 6. The van der Waals surface area contributed by atoms with Gasteiger partial charge in [-0.05, 0) is 42.3 Å². The number of ether oxygens (including phenoxy) is 2. The Balaban J connectivity index is 1.67. The van der Waals surface area contributed by atoms with Crippen LogP contribution in [-0.4, -0.2) is 43.7 Å². The summed E-state index contributed by atoms with van der Waals surface area (Å²) < 4.78 is 10.5. The molecule has 2 heterocycles. The van der Waals surface area contributed by atoms with E-state index in [0.29, 0.717) is 22.7 Å². The molecule has 3 aromatic rings. The number of benzene rings is 1. The number of methoxy groups -OCH3 is 2. The standard InChI is InChI=1S/C22H24N4O3/c1-26(11-8-16-6-9-23-10-7-16)19-12-17(14-24-15-19)22(27)25-18-4-5-20(28-2)21(13-18)29-3/h4-7,9-10,12-15H,8,11H2,1-3H3,(H,25,27). The summed E-state index contributed by atoms with van der Waals surface area (Å²) >= 11 is 0. The highest BCUT2D eigenvalue weighted by molar-refractivity contribution is 6.04. The highest BCUT2D eigenvalue weighted by atomic mass is 16.5. The second-order valence-corrected chi connectivity index (χ2v) is 6.48. The number of carbonyl (C=O) groups is 1. The van der Waals surface area contributed by atoms with Crippen LogP contribution < -0.4 is 19.7 Å². The summed E-state index contributed by atoms with van der Waals surface area (Å²) in [5.41, 5.74) is 3.18. The quantitative estimate of drug-likeness (QED) is 0.633. The second-order valence-electron chi connectivity index (χ2n) is 6.48. The maximum Gasteiger partial charge on any atom is 0.257 e. The van der Waals surface area contributed by atoms with Crippen LogP contribution in [0.2, 0.25) is 0 Å². The van der Waals surface area contributed by atoms with Crippen LogP contribution >= 0.6 is 0 Å². The number of rotatable bonds is 8. The fourth-order valence-corrected chi connectivity index (χ4v) is 2.85. The van der Waals surface area contributed by atoms with Gasteiger partial charge in [-0.25, -0.2) is 0 Å². The van der Waals surface area contributed by atoms with Crippen molar-refractivity contribution in [1.82, 2.24) is 9.97 Å². The fourth-order valence-electron chi connectivity index (χ4n) is 2.85. The van der Waals surface area contributed by atoms with Crippen molar-refractivity contribution in [2.24, 2.45) is 0 Å². The van der Waals surface area contributed by atoms with Crippen LogP contribution in [0.1, 0.15) is 15.9 Å². The maximum atomic E-state index is 12.7. The van der Waals surface area contributed by atoms with Gasteiger partial charge in [0.05, 0.1) is 31.7 Å². The molecule has 7 heteroatoms. The molecule has 7 nitrogen and oxygen atoms in total. The fraction of sp³-hybridized carbons (Fsp3) is 0.227. The summed E-state index contributed by atoms with van der Waals surface area (Å²) in [6, 6.07) is 11.1. The molecular formula is C22H24N4O3. The van der Waals surface area contributed by atoms with Crippen LogP contribution in [0.4, 0.5) is 11.4 Å². The van der Waals surface area contributed by atoms with E-state index in [1.807, 2.05) is 25.2 Å². The number of anilines is 2. The smallest absolute Gasteiger partial charge is 0.257 e. The summed E-state index contributed by atoms with van der Waals surface area (Å²) in [5, 5.41) is 2.87. The Labute approximate surface area is 170 Å². The molecule has 1 aromatic carbocycles. The van der Waals surface area contributed by atoms with Crippen molar-refractivity contribution in [3.63, 3.8) is 0 Å². The highest BCUT2D eigenvalue weighted by Crippen LogP contribution is 2.30. The molecule has 0 fully saturated rings. The van der Waals surface area contributed by atoms with Crippen molar-refractivity contribution in [3.8, 4) is 11.5 Å². The van der Waals surface area contributed by atoms with Gasteiger partial charge in [0, 0.05) is 43.9 Å². The minimum absolute atomic E-state index is 0.242. The van der Waals surface area contributed by atoms with Crippen LogP contribution in [0, 0.1) is 0 Å². The number of aromatic nitrogens is 2. The van der Waals surface area contributed by atoms with E-state index in [0.717, 1.165) is 18.7 Å². The summed E-state index contributed by atoms with van der Waals surface area (Å²) in [4.78, 5) is 23.0. The predicted molar refractivity (Wildman–Crippen MR) is 113 cm³/mol. The van der Waals surface area contributed by atoms with Gasteiger partial charge in [-0.3, -0.25) is 14.8 Å². The molecule has 0 aliphatic heterocycles. The van der Waals surface area contributed by atoms with E-state index in [-0.39, 0.29) is 5.91 Å². The number of carbonyl (C=O) groups excluding carboxylic acids is 1. The SMILES string of the molecule is COc1ccc(NC(=O)c2cncc(N(C)CCc3ccncc3)c2)cc1OC. The Hall–Kier alpha value is -3.61. The Morgan fingerprint density at radius 3 is 2.48 bits per heavy atom. The lowest BCUT2D eigenvalue weighted by Crippen LogP contribution is -2.21. The molecule has 150 valence electrons. The van der Waals surface area contributed by atoms with Crippen LogP contribution in [0.25, 0.3) is 0 Å². The summed E-state index contributed by atoms with van der Waals surface area (Å²) in [7, 11) is 5.10. The van der Waals surface area contributed by atoms with Gasteiger partial charge in [0.2, 0.25) is 0 Å². The molecule has 29 heavy (non-hydrogen) atoms. The number of amides is 1. The van der Waals surface area contributed by atoms with Gasteiger partial charge in [0.1, 0.15) is 0 Å². The third-order valence-electron chi connectivity index (χ3n) is 4.55. The third kappa shape index (κ3) is 5.22. The van der Waals surface area contributed by atoms with E-state index in [2.05, 4.69) is 20.2 Å². The number of hydrogen-bond donors (Lipinski definition) is 1. The second kappa shape index (κ2) is 9.54. The zero-order chi connectivity index (χ0) is 20.6. The first-order chi connectivity index (χ1) is 14.1. The first-order valence-electron chi connectivity index (χ1n) is 9.19. The van der Waals surface area contributed by atoms with E-state index < -0.39 is 0 Å². The number of pyridine rings is 2. The molecule has 0 bridgehead atoms. The van der Waals surface area contributed by atoms with Crippen LogP contribution in [0.5, 0.6) is 11.5 Å². The van der Waals surface area contributed by atoms with Crippen LogP contribution in [-0.2, 0) is 6.42 Å². The van der Waals surface area contributed by atoms with Crippen molar-refractivity contribution in [1.29, 1.82) is 0 Å². The predicted octanol–water partition coefficient (Wildman–Crippen LogP) is 3.43. The Kier molecular flexibility index (Phi) is 6.63. The Bertz CT molecular complexity index is 963. The molecule has 0 saturated carbocycles. The highest BCUT2D eigenvalue weighted by Gasteiger charge is 2.12. The van der Waals surface area contributed by atoms with E-state index >= 15 is 0 Å². The van der Waals surface area contributed by atoms with E-state index in [9.17, 15) is 4.79 Å². The lowest BCUT2D eigenvalue weighted by Gasteiger charge is -2.19. The van der Waals surface area contributed by atoms with Crippen molar-refractivity contribution >= 4 is 17.3 Å². The number of likely N-dealkylation sites (N-methyl/N-ethyl adjacent to an activating group) is 1. The van der Waals surface area contributed by atoms with E-state index in [1.165, 1.54) is 5.56 Å². The lowest BCUT2D eigenvalue weighted by atomic mass is 10.2. The van der Waals surface area contributed by atoms with Crippen LogP contribution in [0.15, 0.2) is 61.2 Å². The summed E-state index contributed by atoms with van der Waals surface area (Å²) in [5.74, 6) is 0.909. The first kappa shape index (κ1) is 20.1. The molecule has 0 saturated heterocycles. The largest absolute Gasteiger partial charge is 0.493 e. The topological polar surface area (TPSA) is 76.6 Å². The van der Waals surface area contributed by atoms with Gasteiger partial charge in [0.15, 0.2) is 11.5 Å². The van der Waals surface area contributed by atoms with Gasteiger partial charge >= 0.3 is 0 Å². The Morgan fingerprint density at radius 2 is 1.76 bits per heavy atom. The molecule has 3 rings (SSSR count). The molecule has 0 aliphatic carbocycles. The average molecular weight is 392 g/mol. The Morgan fingerprint density at radius 1 is 1.00 bits per heavy atom. The van der Waals surface area contributed by atoms with Crippen molar-refractivity contribution in [3.05, 3.63) is 72.3 Å². The minimum atomic E-state index is -0.242. The molecule has 0 unspecified atom stereocenters. The number of nitrogens with one attached hydrogen (secondary N) is 1. The zero-order valence-electron chi connectivity index (χ0n) is 16.8. The maximum absolute atomic E-state index is 12.7. The van der Waals surface area contributed by atoms with Gasteiger partial charge in [-0.1, -0.05) is 0 Å². The van der Waals surface area contributed by atoms with Gasteiger partial charge in [-0.15, -0.1) is 0 Å². The summed E-state index contributed by atoms with van der Waals surface area (Å²) in [6.07, 6.45) is 7.75. The van der Waals surface area contributed by atoms with Crippen molar-refractivity contribution < 1.29 is 14.3 Å². The normalized spacial score (nSPS) is 10.3. The first-order valence-corrected chi connectivity index (χ1v) is 9.19. The monoisotopic (exact) mass is 392 g/mol. The minimum Gasteiger partial charge on any atom is -0.493 e. The van der Waals surface area contributed by atoms with Crippen molar-refractivity contribution in [2.45, 2.75) is 6.42 Å². The zero-order valence-corrected chi connectivity index (χ0v) is 16.8. The number of nitrogens with zero attached hydrogens (tertiary/aromatic N) is 3. The molecule has 0 spiro atoms. The van der Waals surface area contributed by atoms with Crippen LogP contribution in [0.3, 0.4) is 0 Å². The molecule has 1 amide bonds.